The molecule has 13 nitrogen and oxygen atoms in total. The Labute approximate surface area is 234 Å². The van der Waals surface area contributed by atoms with Crippen molar-refractivity contribution in [2.24, 2.45) is 0 Å². The van der Waals surface area contributed by atoms with E-state index in [1.807, 2.05) is 9.80 Å². The average Bonchev–Trinajstić information content (AvgIpc) is 3.29. The van der Waals surface area contributed by atoms with E-state index in [0.717, 1.165) is 9.47 Å². The maximum atomic E-state index is 13.8. The van der Waals surface area contributed by atoms with Crippen LogP contribution in [0, 0.1) is 0 Å². The molecular formula is C25H33F3N10O3. The summed E-state index contributed by atoms with van der Waals surface area (Å²) in [5.41, 5.74) is 0.0204. The van der Waals surface area contributed by atoms with Crippen LogP contribution in [0.25, 0.3) is 22.6 Å². The monoisotopic (exact) mass is 578 g/mol. The lowest BCUT2D eigenvalue weighted by atomic mass is 10.2. The molecule has 5 rings (SSSR count). The zero-order chi connectivity index (χ0) is 29.4. The molecule has 2 aliphatic rings. The molecule has 0 atom stereocenters. The van der Waals surface area contributed by atoms with Gasteiger partial charge < -0.3 is 24.6 Å². The number of hydrogen-bond donors (Lipinski definition) is 1. The van der Waals surface area contributed by atoms with Crippen molar-refractivity contribution in [3.05, 3.63) is 12.4 Å². The molecular weight excluding hydrogens is 545 g/mol. The summed E-state index contributed by atoms with van der Waals surface area (Å²) in [5.74, 6) is 0.840. The van der Waals surface area contributed by atoms with E-state index in [0.29, 0.717) is 63.9 Å². The third-order valence-electron chi connectivity index (χ3n) is 6.47. The summed E-state index contributed by atoms with van der Waals surface area (Å²) in [4.78, 5) is 39.9. The van der Waals surface area contributed by atoms with Crippen molar-refractivity contribution in [3.63, 3.8) is 0 Å². The number of carbonyl (C=O) groups is 1. The number of imidazole rings is 1. The number of amides is 1. The van der Waals surface area contributed by atoms with Gasteiger partial charge >= 0.3 is 12.3 Å². The number of anilines is 3. The number of nitrogens with one attached hydrogen (secondary N) is 1. The van der Waals surface area contributed by atoms with Crippen LogP contribution in [0.4, 0.5) is 35.7 Å². The number of piperazine rings is 1. The Morgan fingerprint density at radius 3 is 2.29 bits per heavy atom. The highest BCUT2D eigenvalue weighted by Gasteiger charge is 2.34. The SMILES string of the molecule is CN(C(=O)OC(C)(C)C)c1ncc(-c2nc(N3CCOCC3)c3nc(N4CCNCC4)n(CC(F)(F)F)c3n2)cn1. The van der Waals surface area contributed by atoms with Crippen LogP contribution in [0.15, 0.2) is 12.4 Å². The van der Waals surface area contributed by atoms with Crippen LogP contribution in [0.5, 0.6) is 0 Å². The van der Waals surface area contributed by atoms with Crippen LogP contribution in [-0.4, -0.2) is 107 Å². The Hall–Kier alpha value is -3.79. The van der Waals surface area contributed by atoms with Gasteiger partial charge in [-0.2, -0.15) is 13.2 Å². The number of alkyl halides is 3. The molecule has 0 radical (unpaired) electrons. The maximum Gasteiger partial charge on any atom is 0.416 e. The van der Waals surface area contributed by atoms with Crippen molar-refractivity contribution in [1.29, 1.82) is 0 Å². The van der Waals surface area contributed by atoms with Crippen LogP contribution in [0.1, 0.15) is 20.8 Å². The van der Waals surface area contributed by atoms with E-state index in [2.05, 4.69) is 25.3 Å². The maximum absolute atomic E-state index is 13.8. The first kappa shape index (κ1) is 28.7. The zero-order valence-electron chi connectivity index (χ0n) is 23.4. The van der Waals surface area contributed by atoms with Crippen LogP contribution in [0.3, 0.4) is 0 Å². The number of nitrogens with zero attached hydrogens (tertiary/aromatic N) is 9. The number of hydrogen-bond acceptors (Lipinski definition) is 11. The summed E-state index contributed by atoms with van der Waals surface area (Å²) in [6.07, 6.45) is -2.28. The van der Waals surface area contributed by atoms with Gasteiger partial charge in [-0.25, -0.2) is 34.6 Å². The highest BCUT2D eigenvalue weighted by Crippen LogP contribution is 2.33. The summed E-state index contributed by atoms with van der Waals surface area (Å²) in [5, 5.41) is 3.21. The molecule has 2 fully saturated rings. The van der Waals surface area contributed by atoms with Crippen LogP contribution in [-0.2, 0) is 16.0 Å². The van der Waals surface area contributed by atoms with E-state index in [9.17, 15) is 18.0 Å². The molecule has 0 aromatic carbocycles. The van der Waals surface area contributed by atoms with Gasteiger partial charge in [-0.3, -0.25) is 4.57 Å². The molecule has 0 saturated carbocycles. The summed E-state index contributed by atoms with van der Waals surface area (Å²) < 4.78 is 53.5. The van der Waals surface area contributed by atoms with Crippen LogP contribution in [0.2, 0.25) is 0 Å². The van der Waals surface area contributed by atoms with Gasteiger partial charge in [0.15, 0.2) is 22.8 Å². The topological polar surface area (TPSA) is 127 Å². The number of halogens is 3. The Balaban J connectivity index is 1.59. The Bertz CT molecular complexity index is 1380. The van der Waals surface area contributed by atoms with Crippen molar-refractivity contribution in [3.8, 4) is 11.4 Å². The molecule has 2 aliphatic heterocycles. The highest BCUT2D eigenvalue weighted by molar-refractivity contribution is 5.88. The molecule has 1 amide bonds. The molecule has 16 heteroatoms. The number of morpholine rings is 1. The number of fused-ring (bicyclic) bond motifs is 1. The minimum absolute atomic E-state index is 0.0669. The Morgan fingerprint density at radius 2 is 1.68 bits per heavy atom. The fourth-order valence-electron chi connectivity index (χ4n) is 4.55. The van der Waals surface area contributed by atoms with Crippen molar-refractivity contribution >= 4 is 35.0 Å². The summed E-state index contributed by atoms with van der Waals surface area (Å²) in [6, 6.07) is 0. The van der Waals surface area contributed by atoms with E-state index in [-0.39, 0.29) is 28.9 Å². The molecule has 222 valence electrons. The van der Waals surface area contributed by atoms with Crippen LogP contribution < -0.4 is 20.0 Å². The summed E-state index contributed by atoms with van der Waals surface area (Å²) in [7, 11) is 1.48. The van der Waals surface area contributed by atoms with E-state index in [1.54, 1.807) is 20.8 Å². The van der Waals surface area contributed by atoms with Crippen molar-refractivity contribution < 1.29 is 27.4 Å². The van der Waals surface area contributed by atoms with Crippen molar-refractivity contribution in [1.82, 2.24) is 34.8 Å². The normalized spacial score (nSPS) is 16.8. The largest absolute Gasteiger partial charge is 0.443 e. The number of rotatable bonds is 5. The molecule has 5 heterocycles. The fraction of sp³-hybridized carbons (Fsp3) is 0.600. The van der Waals surface area contributed by atoms with E-state index in [4.69, 9.17) is 14.5 Å². The lowest BCUT2D eigenvalue weighted by molar-refractivity contribution is -0.139. The van der Waals surface area contributed by atoms with E-state index < -0.39 is 24.4 Å². The molecule has 0 unspecified atom stereocenters. The fourth-order valence-corrected chi connectivity index (χ4v) is 4.55. The van der Waals surface area contributed by atoms with Crippen molar-refractivity contribution in [2.75, 3.05) is 74.2 Å². The lowest BCUT2D eigenvalue weighted by Crippen LogP contribution is -2.45. The summed E-state index contributed by atoms with van der Waals surface area (Å²) in [6.45, 7) is 8.16. The van der Waals surface area contributed by atoms with Gasteiger partial charge in [0.2, 0.25) is 11.9 Å². The zero-order valence-corrected chi connectivity index (χ0v) is 23.4. The molecule has 0 spiro atoms. The second-order valence-electron chi connectivity index (χ2n) is 10.8. The first-order chi connectivity index (χ1) is 19.4. The summed E-state index contributed by atoms with van der Waals surface area (Å²) >= 11 is 0. The first-order valence-electron chi connectivity index (χ1n) is 13.3. The highest BCUT2D eigenvalue weighted by atomic mass is 19.4. The predicted molar refractivity (Wildman–Crippen MR) is 145 cm³/mol. The third-order valence-corrected chi connectivity index (χ3v) is 6.47. The van der Waals surface area contributed by atoms with Gasteiger partial charge in [0.1, 0.15) is 12.1 Å². The second kappa shape index (κ2) is 11.2. The molecule has 0 bridgehead atoms. The van der Waals surface area contributed by atoms with Gasteiger partial charge in [0, 0.05) is 58.7 Å². The van der Waals surface area contributed by atoms with Crippen LogP contribution >= 0.6 is 0 Å². The van der Waals surface area contributed by atoms with Gasteiger partial charge in [0.25, 0.3) is 0 Å². The Kier molecular flexibility index (Phi) is 7.87. The van der Waals surface area contributed by atoms with Gasteiger partial charge in [-0.1, -0.05) is 0 Å². The smallest absolute Gasteiger partial charge is 0.416 e. The van der Waals surface area contributed by atoms with E-state index in [1.165, 1.54) is 19.4 Å². The first-order valence-corrected chi connectivity index (χ1v) is 13.3. The van der Waals surface area contributed by atoms with Gasteiger partial charge in [-0.15, -0.1) is 0 Å². The molecule has 3 aromatic heterocycles. The molecule has 3 aromatic rings. The molecule has 2 saturated heterocycles. The van der Waals surface area contributed by atoms with Gasteiger partial charge in [-0.05, 0) is 20.8 Å². The number of carbonyl (C=O) groups excluding carboxylic acids is 1. The number of ether oxygens (including phenoxy) is 2. The predicted octanol–water partition coefficient (Wildman–Crippen LogP) is 2.46. The molecule has 1 N–H and O–H groups in total. The van der Waals surface area contributed by atoms with Crippen molar-refractivity contribution in [2.45, 2.75) is 39.1 Å². The van der Waals surface area contributed by atoms with Gasteiger partial charge in [0.05, 0.1) is 18.8 Å². The minimum atomic E-state index is -4.50. The standard InChI is InChI=1S/C25H33F3N10O3/c1-24(2,3)41-23(39)35(4)21-30-13-16(14-31-21)18-33-19(36-9-11-40-12-10-36)17-20(34-18)38(15-25(26,27)28)22(32-17)37-7-5-29-6-8-37/h13-14,29H,5-12,15H2,1-4H3. The lowest BCUT2D eigenvalue weighted by Gasteiger charge is -2.28. The average molecular weight is 579 g/mol. The minimum Gasteiger partial charge on any atom is -0.443 e. The quantitative estimate of drug-likeness (QED) is 0.480. The Morgan fingerprint density at radius 1 is 1.02 bits per heavy atom. The van der Waals surface area contributed by atoms with E-state index >= 15 is 0 Å². The number of aromatic nitrogens is 6. The molecule has 41 heavy (non-hydrogen) atoms. The molecule has 0 aliphatic carbocycles. The third kappa shape index (κ3) is 6.59. The second-order valence-corrected chi connectivity index (χ2v) is 10.8.